The van der Waals surface area contributed by atoms with Crippen LogP contribution in [0.2, 0.25) is 5.02 Å². The van der Waals surface area contributed by atoms with Crippen LogP contribution < -0.4 is 5.59 Å². The van der Waals surface area contributed by atoms with E-state index in [1.807, 2.05) is 19.2 Å². The third kappa shape index (κ3) is 1.90. The van der Waals surface area contributed by atoms with E-state index in [0.717, 1.165) is 21.5 Å². The Labute approximate surface area is 125 Å². The number of aromatic nitrogens is 1. The van der Waals surface area contributed by atoms with Crippen LogP contribution in [-0.2, 0) is 16.4 Å². The molecule has 0 unspecified atom stereocenters. The van der Waals surface area contributed by atoms with Crippen molar-refractivity contribution in [2.75, 3.05) is 0 Å². The molecule has 1 aromatic carbocycles. The summed E-state index contributed by atoms with van der Waals surface area (Å²) in [4.78, 5) is 0. The Morgan fingerprint density at radius 2 is 1.70 bits per heavy atom. The second kappa shape index (κ2) is 4.26. The highest BCUT2D eigenvalue weighted by Crippen LogP contribution is 2.37. The third-order valence-corrected chi connectivity index (χ3v) is 4.84. The highest BCUT2D eigenvalue weighted by Gasteiger charge is 2.52. The van der Waals surface area contributed by atoms with Crippen molar-refractivity contribution in [2.24, 2.45) is 7.05 Å². The van der Waals surface area contributed by atoms with Gasteiger partial charge in [-0.25, -0.2) is 0 Å². The van der Waals surface area contributed by atoms with Gasteiger partial charge in [-0.05, 0) is 39.8 Å². The molecule has 1 fully saturated rings. The minimum absolute atomic E-state index is 0.335. The van der Waals surface area contributed by atoms with Crippen molar-refractivity contribution >= 4 is 35.2 Å². The predicted octanol–water partition coefficient (Wildman–Crippen LogP) is 3.13. The molecule has 3 nitrogen and oxygen atoms in total. The Kier molecular flexibility index (Phi) is 2.98. The van der Waals surface area contributed by atoms with Crippen molar-refractivity contribution in [3.63, 3.8) is 0 Å². The van der Waals surface area contributed by atoms with Crippen molar-refractivity contribution < 1.29 is 9.31 Å². The number of fused-ring (bicyclic) bond motifs is 1. The quantitative estimate of drug-likeness (QED) is 0.754. The van der Waals surface area contributed by atoms with E-state index in [0.29, 0.717) is 0 Å². The van der Waals surface area contributed by atoms with Crippen LogP contribution in [0.5, 0.6) is 0 Å². The van der Waals surface area contributed by atoms with Crippen LogP contribution >= 0.6 is 11.6 Å². The van der Waals surface area contributed by atoms with Crippen molar-refractivity contribution in [3.05, 3.63) is 29.3 Å². The largest absolute Gasteiger partial charge is 0.512 e. The van der Waals surface area contributed by atoms with E-state index < -0.39 is 0 Å². The van der Waals surface area contributed by atoms with Crippen LogP contribution in [0.25, 0.3) is 10.9 Å². The van der Waals surface area contributed by atoms with E-state index >= 15 is 0 Å². The Balaban J connectivity index is 2.09. The molecule has 0 spiro atoms. The molecule has 2 heterocycles. The Hall–Kier alpha value is -0.965. The summed E-state index contributed by atoms with van der Waals surface area (Å²) in [5.74, 6) is 0. The maximum Gasteiger partial charge on any atom is 0.512 e. The number of rotatable bonds is 1. The van der Waals surface area contributed by atoms with Crippen LogP contribution in [0, 0.1) is 0 Å². The van der Waals surface area contributed by atoms with Gasteiger partial charge in [0.25, 0.3) is 0 Å². The summed E-state index contributed by atoms with van der Waals surface area (Å²) in [6, 6.07) is 8.00. The zero-order chi connectivity index (χ0) is 14.7. The molecule has 0 N–H and O–H groups in total. The SMILES string of the molecule is Cn1c(B2OC(C)(C)C(C)(C)O2)cc2cccc(Cl)c21. The van der Waals surface area contributed by atoms with Crippen LogP contribution in [0.4, 0.5) is 0 Å². The van der Waals surface area contributed by atoms with Crippen LogP contribution in [-0.4, -0.2) is 22.9 Å². The van der Waals surface area contributed by atoms with Gasteiger partial charge in [-0.3, -0.25) is 0 Å². The average molecular weight is 292 g/mol. The van der Waals surface area contributed by atoms with E-state index in [9.17, 15) is 0 Å². The van der Waals surface area contributed by atoms with E-state index in [1.165, 1.54) is 0 Å². The molecule has 3 rings (SSSR count). The first-order valence-electron chi connectivity index (χ1n) is 6.82. The van der Waals surface area contributed by atoms with Gasteiger partial charge in [0.05, 0.1) is 21.7 Å². The van der Waals surface area contributed by atoms with E-state index in [2.05, 4.69) is 44.4 Å². The zero-order valence-electron chi connectivity index (χ0n) is 12.5. The van der Waals surface area contributed by atoms with Gasteiger partial charge in [0.1, 0.15) is 0 Å². The summed E-state index contributed by atoms with van der Waals surface area (Å²) >= 11 is 6.29. The number of hydrogen-bond donors (Lipinski definition) is 0. The molecule has 0 aliphatic carbocycles. The molecule has 106 valence electrons. The lowest BCUT2D eigenvalue weighted by atomic mass is 9.84. The smallest absolute Gasteiger partial charge is 0.398 e. The fourth-order valence-electron chi connectivity index (χ4n) is 2.58. The highest BCUT2D eigenvalue weighted by molar-refractivity contribution is 6.62. The van der Waals surface area contributed by atoms with Crippen LogP contribution in [0.1, 0.15) is 27.7 Å². The molecular weight excluding hydrogens is 272 g/mol. The van der Waals surface area contributed by atoms with E-state index in [4.69, 9.17) is 20.9 Å². The van der Waals surface area contributed by atoms with Crippen molar-refractivity contribution in [1.82, 2.24) is 4.57 Å². The van der Waals surface area contributed by atoms with Gasteiger partial charge in [0, 0.05) is 18.0 Å². The maximum atomic E-state index is 6.29. The molecule has 0 radical (unpaired) electrons. The average Bonchev–Trinajstić information content (AvgIpc) is 2.76. The molecule has 2 aromatic rings. The highest BCUT2D eigenvalue weighted by atomic mass is 35.5. The maximum absolute atomic E-state index is 6.29. The number of halogens is 1. The number of aryl methyl sites for hydroxylation is 1. The van der Waals surface area contributed by atoms with Crippen LogP contribution in [0.3, 0.4) is 0 Å². The van der Waals surface area contributed by atoms with Gasteiger partial charge in [0.2, 0.25) is 0 Å². The second-order valence-corrected chi connectivity index (χ2v) is 6.80. The zero-order valence-corrected chi connectivity index (χ0v) is 13.3. The summed E-state index contributed by atoms with van der Waals surface area (Å²) in [5.41, 5.74) is 1.33. The molecule has 20 heavy (non-hydrogen) atoms. The normalized spacial score (nSPS) is 20.8. The fourth-order valence-corrected chi connectivity index (χ4v) is 2.89. The van der Waals surface area contributed by atoms with Gasteiger partial charge in [-0.1, -0.05) is 23.7 Å². The Morgan fingerprint density at radius 3 is 2.25 bits per heavy atom. The summed E-state index contributed by atoms with van der Waals surface area (Å²) < 4.78 is 14.3. The van der Waals surface area contributed by atoms with Gasteiger partial charge >= 0.3 is 7.12 Å². The molecule has 0 saturated carbocycles. The van der Waals surface area contributed by atoms with Gasteiger partial charge in [-0.2, -0.15) is 0 Å². The predicted molar refractivity (Wildman–Crippen MR) is 83.6 cm³/mol. The molecule has 0 atom stereocenters. The number of para-hydroxylation sites is 1. The number of benzene rings is 1. The Bertz CT molecular complexity index is 662. The first-order valence-corrected chi connectivity index (χ1v) is 7.20. The monoisotopic (exact) mass is 291 g/mol. The molecular formula is C15H19BClNO2. The van der Waals surface area contributed by atoms with Crippen molar-refractivity contribution in [1.29, 1.82) is 0 Å². The number of nitrogens with zero attached hydrogens (tertiary/aromatic N) is 1. The summed E-state index contributed by atoms with van der Waals surface area (Å²) in [6.45, 7) is 8.23. The van der Waals surface area contributed by atoms with Crippen molar-refractivity contribution in [3.8, 4) is 0 Å². The summed E-state index contributed by atoms with van der Waals surface area (Å²) in [7, 11) is 1.63. The minimum atomic E-state index is -0.367. The standard InChI is InChI=1S/C15H19BClNO2/c1-14(2)15(3,4)20-16(19-14)12-9-10-7-6-8-11(17)13(10)18(12)5/h6-9H,1-5H3. The Morgan fingerprint density at radius 1 is 1.10 bits per heavy atom. The third-order valence-electron chi connectivity index (χ3n) is 4.54. The lowest BCUT2D eigenvalue weighted by Gasteiger charge is -2.32. The molecule has 0 bridgehead atoms. The summed E-state index contributed by atoms with van der Waals surface area (Å²) in [5, 5.41) is 1.84. The van der Waals surface area contributed by atoms with Gasteiger partial charge in [-0.15, -0.1) is 0 Å². The van der Waals surface area contributed by atoms with Gasteiger partial charge in [0.15, 0.2) is 0 Å². The summed E-state index contributed by atoms with van der Waals surface area (Å²) in [6.07, 6.45) is 0. The molecule has 1 aliphatic rings. The molecule has 0 amide bonds. The van der Waals surface area contributed by atoms with E-state index in [1.54, 1.807) is 0 Å². The first-order chi connectivity index (χ1) is 9.23. The topological polar surface area (TPSA) is 23.4 Å². The van der Waals surface area contributed by atoms with Gasteiger partial charge < -0.3 is 13.9 Å². The van der Waals surface area contributed by atoms with E-state index in [-0.39, 0.29) is 18.3 Å². The lowest BCUT2D eigenvalue weighted by Crippen LogP contribution is -2.41. The molecule has 1 saturated heterocycles. The fraction of sp³-hybridized carbons (Fsp3) is 0.467. The number of hydrogen-bond acceptors (Lipinski definition) is 2. The lowest BCUT2D eigenvalue weighted by molar-refractivity contribution is 0.00578. The molecule has 5 heteroatoms. The minimum Gasteiger partial charge on any atom is -0.398 e. The first kappa shape index (κ1) is 14.0. The second-order valence-electron chi connectivity index (χ2n) is 6.39. The van der Waals surface area contributed by atoms with Crippen molar-refractivity contribution in [2.45, 2.75) is 38.9 Å². The van der Waals surface area contributed by atoms with Crippen LogP contribution in [0.15, 0.2) is 24.3 Å². The molecule has 1 aromatic heterocycles. The molecule has 1 aliphatic heterocycles.